The molecule has 0 saturated heterocycles. The largest absolute Gasteiger partial charge is 0.347 e. The van der Waals surface area contributed by atoms with Gasteiger partial charge in [-0.3, -0.25) is 0 Å². The van der Waals surface area contributed by atoms with Crippen LogP contribution in [0.1, 0.15) is 12.0 Å². The van der Waals surface area contributed by atoms with E-state index in [9.17, 15) is 0 Å². The van der Waals surface area contributed by atoms with Crippen LogP contribution in [-0.4, -0.2) is 11.1 Å². The average Bonchev–Trinajstić information content (AvgIpc) is 2.69. The lowest BCUT2D eigenvalue weighted by molar-refractivity contribution is 0.671. The van der Waals surface area contributed by atoms with E-state index >= 15 is 0 Å². The van der Waals surface area contributed by atoms with E-state index in [1.54, 1.807) is 0 Å². The Bertz CT molecular complexity index is 505. The Morgan fingerprint density at radius 3 is 2.93 bits per heavy atom. The van der Waals surface area contributed by atoms with Crippen molar-refractivity contribution in [2.75, 3.05) is 6.54 Å². The summed E-state index contributed by atoms with van der Waals surface area (Å²) in [6, 6.07) is 9.99. The highest BCUT2D eigenvalue weighted by molar-refractivity contribution is 5.85. The van der Waals surface area contributed by atoms with Crippen molar-refractivity contribution in [3.8, 4) is 6.07 Å². The summed E-state index contributed by atoms with van der Waals surface area (Å²) in [6.45, 7) is 1.60. The molecule has 15 heavy (non-hydrogen) atoms. The molecule has 0 saturated carbocycles. The molecule has 3 heteroatoms. The first-order valence-corrected chi connectivity index (χ1v) is 5.05. The first kappa shape index (κ1) is 9.75. The number of hydrogen-bond acceptors (Lipinski definition) is 2. The van der Waals surface area contributed by atoms with Crippen molar-refractivity contribution in [3.05, 3.63) is 36.0 Å². The quantitative estimate of drug-likeness (QED) is 0.820. The summed E-state index contributed by atoms with van der Waals surface area (Å²) in [4.78, 5) is 0. The zero-order valence-electron chi connectivity index (χ0n) is 8.48. The van der Waals surface area contributed by atoms with Gasteiger partial charge in [-0.1, -0.05) is 6.07 Å². The summed E-state index contributed by atoms with van der Waals surface area (Å²) in [5.41, 5.74) is 7.33. The highest BCUT2D eigenvalue weighted by Gasteiger charge is 2.03. The molecule has 0 amide bonds. The van der Waals surface area contributed by atoms with Gasteiger partial charge in [-0.05, 0) is 31.2 Å². The molecule has 1 aromatic heterocycles. The van der Waals surface area contributed by atoms with Gasteiger partial charge in [0.2, 0.25) is 0 Å². The highest BCUT2D eigenvalue weighted by atomic mass is 14.9. The van der Waals surface area contributed by atoms with Gasteiger partial charge in [-0.25, -0.2) is 0 Å². The van der Waals surface area contributed by atoms with E-state index in [-0.39, 0.29) is 0 Å². The maximum Gasteiger partial charge on any atom is 0.0998 e. The zero-order valence-corrected chi connectivity index (χ0v) is 8.48. The minimum atomic E-state index is 0.692. The second kappa shape index (κ2) is 4.16. The Labute approximate surface area is 88.7 Å². The number of fused-ring (bicyclic) bond motifs is 1. The van der Waals surface area contributed by atoms with E-state index in [2.05, 4.69) is 10.6 Å². The van der Waals surface area contributed by atoms with Crippen LogP contribution in [0.2, 0.25) is 0 Å². The van der Waals surface area contributed by atoms with E-state index in [1.165, 1.54) is 0 Å². The SMILES string of the molecule is N#Cc1cccc2c1ccn2CCCN. The van der Waals surface area contributed by atoms with Gasteiger partial charge in [-0.2, -0.15) is 5.26 Å². The third-order valence-corrected chi connectivity index (χ3v) is 2.54. The number of nitrogens with two attached hydrogens (primary N) is 1. The third-order valence-electron chi connectivity index (χ3n) is 2.54. The lowest BCUT2D eigenvalue weighted by Crippen LogP contribution is -2.04. The van der Waals surface area contributed by atoms with Crippen LogP contribution in [0.4, 0.5) is 0 Å². The van der Waals surface area contributed by atoms with Crippen molar-refractivity contribution in [1.29, 1.82) is 5.26 Å². The van der Waals surface area contributed by atoms with Gasteiger partial charge in [0.25, 0.3) is 0 Å². The number of aryl methyl sites for hydroxylation is 1. The van der Waals surface area contributed by atoms with Crippen LogP contribution in [0, 0.1) is 11.3 Å². The van der Waals surface area contributed by atoms with Gasteiger partial charge in [-0.15, -0.1) is 0 Å². The molecular weight excluding hydrogens is 186 g/mol. The van der Waals surface area contributed by atoms with E-state index in [4.69, 9.17) is 11.0 Å². The Balaban J connectivity index is 2.47. The van der Waals surface area contributed by atoms with Crippen molar-refractivity contribution in [3.63, 3.8) is 0 Å². The fraction of sp³-hybridized carbons (Fsp3) is 0.250. The normalized spacial score (nSPS) is 10.4. The number of hydrogen-bond donors (Lipinski definition) is 1. The van der Waals surface area contributed by atoms with E-state index < -0.39 is 0 Å². The van der Waals surface area contributed by atoms with Gasteiger partial charge < -0.3 is 10.3 Å². The van der Waals surface area contributed by atoms with Crippen LogP contribution in [0.5, 0.6) is 0 Å². The summed E-state index contributed by atoms with van der Waals surface area (Å²) in [5, 5.41) is 9.97. The summed E-state index contributed by atoms with van der Waals surface area (Å²) < 4.78 is 2.14. The molecule has 0 aliphatic rings. The van der Waals surface area contributed by atoms with Crippen LogP contribution in [0.15, 0.2) is 30.5 Å². The number of nitrogens with zero attached hydrogens (tertiary/aromatic N) is 2. The fourth-order valence-corrected chi connectivity index (χ4v) is 1.78. The molecule has 0 unspecified atom stereocenters. The predicted molar refractivity (Wildman–Crippen MR) is 60.3 cm³/mol. The molecule has 76 valence electrons. The number of benzene rings is 1. The molecule has 0 spiro atoms. The van der Waals surface area contributed by atoms with Crippen LogP contribution in [0.25, 0.3) is 10.9 Å². The molecule has 1 heterocycles. The van der Waals surface area contributed by atoms with Crippen molar-refractivity contribution >= 4 is 10.9 Å². The molecule has 0 atom stereocenters. The Morgan fingerprint density at radius 2 is 2.20 bits per heavy atom. The first-order valence-electron chi connectivity index (χ1n) is 5.05. The highest BCUT2D eigenvalue weighted by Crippen LogP contribution is 2.19. The predicted octanol–water partition coefficient (Wildman–Crippen LogP) is 1.86. The van der Waals surface area contributed by atoms with Gasteiger partial charge in [0.1, 0.15) is 0 Å². The van der Waals surface area contributed by atoms with Gasteiger partial charge in [0.15, 0.2) is 0 Å². The first-order chi connectivity index (χ1) is 7.36. The third kappa shape index (κ3) is 1.72. The van der Waals surface area contributed by atoms with E-state index in [0.717, 1.165) is 29.4 Å². The van der Waals surface area contributed by atoms with E-state index in [1.807, 2.05) is 30.5 Å². The van der Waals surface area contributed by atoms with E-state index in [0.29, 0.717) is 6.54 Å². The lowest BCUT2D eigenvalue weighted by Gasteiger charge is -2.03. The fourth-order valence-electron chi connectivity index (χ4n) is 1.78. The Morgan fingerprint density at radius 1 is 1.33 bits per heavy atom. The maximum atomic E-state index is 8.94. The number of nitriles is 1. The minimum Gasteiger partial charge on any atom is -0.347 e. The summed E-state index contributed by atoms with van der Waals surface area (Å²) in [5.74, 6) is 0. The van der Waals surface area contributed by atoms with Gasteiger partial charge in [0.05, 0.1) is 11.6 Å². The standard InChI is InChI=1S/C12H13N3/c13-6-2-7-15-8-5-11-10(9-14)3-1-4-12(11)15/h1,3-5,8H,2,6-7,13H2. The van der Waals surface area contributed by atoms with Crippen molar-refractivity contribution in [1.82, 2.24) is 4.57 Å². The second-order valence-corrected chi connectivity index (χ2v) is 3.50. The number of aromatic nitrogens is 1. The summed E-state index contributed by atoms with van der Waals surface area (Å²) in [7, 11) is 0. The summed E-state index contributed by atoms with van der Waals surface area (Å²) in [6.07, 6.45) is 2.97. The van der Waals surface area contributed by atoms with Crippen molar-refractivity contribution in [2.45, 2.75) is 13.0 Å². The Hall–Kier alpha value is -1.79. The molecule has 0 aliphatic carbocycles. The molecule has 0 aliphatic heterocycles. The van der Waals surface area contributed by atoms with Crippen LogP contribution in [0.3, 0.4) is 0 Å². The molecular formula is C12H13N3. The van der Waals surface area contributed by atoms with Gasteiger partial charge >= 0.3 is 0 Å². The molecule has 2 N–H and O–H groups in total. The zero-order chi connectivity index (χ0) is 10.7. The molecule has 1 aromatic carbocycles. The number of rotatable bonds is 3. The second-order valence-electron chi connectivity index (χ2n) is 3.50. The molecule has 0 fully saturated rings. The maximum absolute atomic E-state index is 8.94. The smallest absolute Gasteiger partial charge is 0.0998 e. The van der Waals surface area contributed by atoms with Crippen LogP contribution in [-0.2, 0) is 6.54 Å². The van der Waals surface area contributed by atoms with Crippen LogP contribution >= 0.6 is 0 Å². The Kier molecular flexibility index (Phi) is 2.70. The van der Waals surface area contributed by atoms with Crippen molar-refractivity contribution < 1.29 is 0 Å². The summed E-state index contributed by atoms with van der Waals surface area (Å²) >= 11 is 0. The molecule has 0 bridgehead atoms. The molecule has 2 rings (SSSR count). The van der Waals surface area contributed by atoms with Crippen LogP contribution < -0.4 is 5.73 Å². The lowest BCUT2D eigenvalue weighted by atomic mass is 10.1. The topological polar surface area (TPSA) is 54.7 Å². The monoisotopic (exact) mass is 199 g/mol. The minimum absolute atomic E-state index is 0.692. The van der Waals surface area contributed by atoms with Gasteiger partial charge in [0, 0.05) is 23.6 Å². The molecule has 0 radical (unpaired) electrons. The average molecular weight is 199 g/mol. The van der Waals surface area contributed by atoms with Crippen molar-refractivity contribution in [2.24, 2.45) is 5.73 Å². The molecule has 3 nitrogen and oxygen atoms in total. The molecule has 2 aromatic rings.